The largest absolute Gasteiger partial charge is 0.481 e. The first-order chi connectivity index (χ1) is 7.66. The van der Waals surface area contributed by atoms with E-state index in [0.717, 1.165) is 18.4 Å². The average Bonchev–Trinajstić information content (AvgIpc) is 2.19. The number of hydrogen-bond donors (Lipinski definition) is 1. The lowest BCUT2D eigenvalue weighted by molar-refractivity contribution is -0.138. The molecule has 0 saturated heterocycles. The minimum absolute atomic E-state index is 0.387. The lowest BCUT2D eigenvalue weighted by Gasteiger charge is -2.10. The number of hydrogen-bond acceptors (Lipinski definition) is 3. The van der Waals surface area contributed by atoms with Gasteiger partial charge in [-0.2, -0.15) is 0 Å². The van der Waals surface area contributed by atoms with Gasteiger partial charge in [-0.25, -0.2) is 17.2 Å². The molecule has 4 nitrogen and oxygen atoms in total. The SMILES string of the molecule is CC(C(=O)O)c1ccc(S(C)(=O)=O)c(F)c1F. The molecule has 0 fully saturated rings. The second kappa shape index (κ2) is 4.40. The second-order valence-electron chi connectivity index (χ2n) is 3.61. The number of aliphatic carboxylic acids is 1. The molecule has 1 rings (SSSR count). The van der Waals surface area contributed by atoms with Gasteiger partial charge < -0.3 is 5.11 Å². The van der Waals surface area contributed by atoms with Gasteiger partial charge in [-0.05, 0) is 13.0 Å². The van der Waals surface area contributed by atoms with Crippen LogP contribution in [0.2, 0.25) is 0 Å². The molecule has 1 unspecified atom stereocenters. The van der Waals surface area contributed by atoms with Gasteiger partial charge in [0.1, 0.15) is 4.90 Å². The first kappa shape index (κ1) is 13.6. The average molecular weight is 264 g/mol. The van der Waals surface area contributed by atoms with E-state index >= 15 is 0 Å². The summed E-state index contributed by atoms with van der Waals surface area (Å²) < 4.78 is 49.1. The third kappa shape index (κ3) is 2.60. The second-order valence-corrected chi connectivity index (χ2v) is 5.60. The van der Waals surface area contributed by atoms with Crippen molar-refractivity contribution in [1.82, 2.24) is 0 Å². The van der Waals surface area contributed by atoms with Crippen LogP contribution < -0.4 is 0 Å². The molecule has 0 amide bonds. The van der Waals surface area contributed by atoms with Gasteiger partial charge in [0.15, 0.2) is 21.5 Å². The minimum atomic E-state index is -3.88. The van der Waals surface area contributed by atoms with E-state index in [0.29, 0.717) is 0 Å². The normalized spacial score (nSPS) is 13.4. The summed E-state index contributed by atoms with van der Waals surface area (Å²) in [6.07, 6.45) is 0.741. The Morgan fingerprint density at radius 3 is 2.24 bits per heavy atom. The molecular formula is C10H10F2O4S. The fourth-order valence-electron chi connectivity index (χ4n) is 1.30. The zero-order valence-corrected chi connectivity index (χ0v) is 9.88. The van der Waals surface area contributed by atoms with Gasteiger partial charge >= 0.3 is 5.97 Å². The molecule has 1 atom stereocenters. The molecule has 0 heterocycles. The predicted molar refractivity (Wildman–Crippen MR) is 55.5 cm³/mol. The summed E-state index contributed by atoms with van der Waals surface area (Å²) in [5.74, 6) is -5.56. The maximum absolute atomic E-state index is 13.5. The predicted octanol–water partition coefficient (Wildman–Crippen LogP) is 1.56. The van der Waals surface area contributed by atoms with E-state index < -0.39 is 38.3 Å². The number of sulfone groups is 1. The van der Waals surface area contributed by atoms with Crippen molar-refractivity contribution < 1.29 is 27.1 Å². The summed E-state index contributed by atoms with van der Waals surface area (Å²) in [7, 11) is -3.88. The smallest absolute Gasteiger partial charge is 0.310 e. The summed E-state index contributed by atoms with van der Waals surface area (Å²) in [6.45, 7) is 1.18. The summed E-state index contributed by atoms with van der Waals surface area (Å²) in [6, 6.07) is 1.83. The van der Waals surface area contributed by atoms with Crippen LogP contribution in [0.4, 0.5) is 8.78 Å². The molecule has 0 aliphatic heterocycles. The highest BCUT2D eigenvalue weighted by Crippen LogP contribution is 2.25. The standard InChI is InChI=1S/C10H10F2O4S/c1-5(10(13)14)6-3-4-7(17(2,15)16)9(12)8(6)11/h3-5H,1-2H3,(H,13,14). The van der Waals surface area contributed by atoms with Crippen molar-refractivity contribution in [2.75, 3.05) is 6.26 Å². The third-order valence-electron chi connectivity index (χ3n) is 2.31. The van der Waals surface area contributed by atoms with Crippen LogP contribution in [0.5, 0.6) is 0 Å². The molecule has 94 valence electrons. The van der Waals surface area contributed by atoms with E-state index in [-0.39, 0.29) is 5.56 Å². The van der Waals surface area contributed by atoms with E-state index in [1.54, 1.807) is 0 Å². The zero-order valence-electron chi connectivity index (χ0n) is 9.07. The Balaban J connectivity index is 3.45. The van der Waals surface area contributed by atoms with Crippen LogP contribution in [-0.4, -0.2) is 25.7 Å². The summed E-state index contributed by atoms with van der Waals surface area (Å²) in [4.78, 5) is 9.86. The van der Waals surface area contributed by atoms with Crippen molar-refractivity contribution >= 4 is 15.8 Å². The molecule has 0 saturated carbocycles. The van der Waals surface area contributed by atoms with E-state index in [1.807, 2.05) is 0 Å². The Bertz CT molecular complexity index is 566. The summed E-state index contributed by atoms with van der Waals surface area (Å²) in [5, 5.41) is 8.67. The highest BCUT2D eigenvalue weighted by molar-refractivity contribution is 7.90. The van der Waals surface area contributed by atoms with Crippen molar-refractivity contribution in [3.63, 3.8) is 0 Å². The van der Waals surface area contributed by atoms with Gasteiger partial charge in [-0.1, -0.05) is 6.07 Å². The lowest BCUT2D eigenvalue weighted by Crippen LogP contribution is -2.12. The van der Waals surface area contributed by atoms with Crippen molar-refractivity contribution in [3.8, 4) is 0 Å². The highest BCUT2D eigenvalue weighted by Gasteiger charge is 2.25. The molecule has 1 aromatic rings. The number of halogens is 2. The lowest BCUT2D eigenvalue weighted by atomic mass is 10.0. The van der Waals surface area contributed by atoms with Gasteiger partial charge in [-0.15, -0.1) is 0 Å². The number of carboxylic acid groups (broad SMARTS) is 1. The van der Waals surface area contributed by atoms with Gasteiger partial charge in [0.25, 0.3) is 0 Å². The Morgan fingerprint density at radius 1 is 1.29 bits per heavy atom. The van der Waals surface area contributed by atoms with E-state index in [1.165, 1.54) is 6.92 Å². The molecule has 1 N–H and O–H groups in total. The van der Waals surface area contributed by atoms with Gasteiger partial charge in [0.05, 0.1) is 5.92 Å². The number of carboxylic acids is 1. The van der Waals surface area contributed by atoms with E-state index in [4.69, 9.17) is 5.11 Å². The van der Waals surface area contributed by atoms with E-state index in [2.05, 4.69) is 0 Å². The quantitative estimate of drug-likeness (QED) is 0.899. The first-order valence-electron chi connectivity index (χ1n) is 4.57. The molecule has 0 bridgehead atoms. The van der Waals surface area contributed by atoms with Crippen LogP contribution in [0.1, 0.15) is 18.4 Å². The Labute approximate surface area is 96.8 Å². The fourth-order valence-corrected chi connectivity index (χ4v) is 2.03. The molecule has 1 aromatic carbocycles. The Morgan fingerprint density at radius 2 is 1.82 bits per heavy atom. The number of rotatable bonds is 3. The van der Waals surface area contributed by atoms with Crippen molar-refractivity contribution in [1.29, 1.82) is 0 Å². The topological polar surface area (TPSA) is 71.4 Å². The van der Waals surface area contributed by atoms with Crippen LogP contribution >= 0.6 is 0 Å². The molecule has 0 spiro atoms. The number of carbonyl (C=O) groups is 1. The van der Waals surface area contributed by atoms with Crippen LogP contribution in [-0.2, 0) is 14.6 Å². The third-order valence-corrected chi connectivity index (χ3v) is 3.43. The van der Waals surface area contributed by atoms with Crippen molar-refractivity contribution in [2.45, 2.75) is 17.7 Å². The van der Waals surface area contributed by atoms with Crippen molar-refractivity contribution in [2.24, 2.45) is 0 Å². The van der Waals surface area contributed by atoms with Crippen molar-refractivity contribution in [3.05, 3.63) is 29.3 Å². The molecule has 0 aliphatic carbocycles. The maximum atomic E-state index is 13.5. The molecule has 0 radical (unpaired) electrons. The van der Waals surface area contributed by atoms with Crippen LogP contribution in [0.15, 0.2) is 17.0 Å². The zero-order chi connectivity index (χ0) is 13.4. The molecule has 0 aliphatic rings. The maximum Gasteiger partial charge on any atom is 0.310 e. The van der Waals surface area contributed by atoms with Crippen LogP contribution in [0.3, 0.4) is 0 Å². The monoisotopic (exact) mass is 264 g/mol. The molecule has 7 heteroatoms. The number of benzene rings is 1. The van der Waals surface area contributed by atoms with Gasteiger partial charge in [0.2, 0.25) is 0 Å². The van der Waals surface area contributed by atoms with E-state index in [9.17, 15) is 22.0 Å². The Hall–Kier alpha value is -1.50. The minimum Gasteiger partial charge on any atom is -0.481 e. The van der Waals surface area contributed by atoms with Crippen LogP contribution in [0, 0.1) is 11.6 Å². The summed E-state index contributed by atoms with van der Waals surface area (Å²) >= 11 is 0. The molecular weight excluding hydrogens is 254 g/mol. The van der Waals surface area contributed by atoms with Gasteiger partial charge in [-0.3, -0.25) is 4.79 Å². The van der Waals surface area contributed by atoms with Crippen LogP contribution in [0.25, 0.3) is 0 Å². The summed E-state index contributed by atoms with van der Waals surface area (Å²) in [5.41, 5.74) is -0.387. The highest BCUT2D eigenvalue weighted by atomic mass is 32.2. The molecule has 0 aromatic heterocycles. The van der Waals surface area contributed by atoms with Gasteiger partial charge in [0, 0.05) is 11.8 Å². The first-order valence-corrected chi connectivity index (χ1v) is 6.46. The molecule has 17 heavy (non-hydrogen) atoms. The fraction of sp³-hybridized carbons (Fsp3) is 0.300. The Kier molecular flexibility index (Phi) is 3.51.